The lowest BCUT2D eigenvalue weighted by Gasteiger charge is -2.21. The van der Waals surface area contributed by atoms with E-state index in [1.165, 1.54) is 18.9 Å². The fourth-order valence-corrected chi connectivity index (χ4v) is 2.17. The fourth-order valence-electron chi connectivity index (χ4n) is 1.81. The molecule has 1 amide bonds. The second kappa shape index (κ2) is 5.17. The summed E-state index contributed by atoms with van der Waals surface area (Å²) in [5.41, 5.74) is 0.155. The summed E-state index contributed by atoms with van der Waals surface area (Å²) >= 11 is 3.10. The molecule has 0 unspecified atom stereocenters. The molecule has 1 aromatic rings. The molecule has 1 saturated carbocycles. The van der Waals surface area contributed by atoms with Crippen LogP contribution in [0.1, 0.15) is 30.1 Å². The van der Waals surface area contributed by atoms with Crippen molar-refractivity contribution in [1.82, 2.24) is 4.90 Å². The van der Waals surface area contributed by atoms with Crippen LogP contribution >= 0.6 is 15.9 Å². The second-order valence-corrected chi connectivity index (χ2v) is 5.24. The SMILES string of the molecule is CCN(CC1CC1)C(=O)c1cccc(Br)c1F. The second-order valence-electron chi connectivity index (χ2n) is 4.39. The summed E-state index contributed by atoms with van der Waals surface area (Å²) in [5, 5.41) is 0. The first-order valence-electron chi connectivity index (χ1n) is 5.86. The predicted octanol–water partition coefficient (Wildman–Crippen LogP) is 3.46. The molecular weight excluding hydrogens is 285 g/mol. The molecule has 0 saturated heterocycles. The zero-order valence-electron chi connectivity index (χ0n) is 9.75. The average molecular weight is 300 g/mol. The van der Waals surface area contributed by atoms with Gasteiger partial charge in [-0.2, -0.15) is 0 Å². The molecule has 17 heavy (non-hydrogen) atoms. The number of carbonyl (C=O) groups is 1. The average Bonchev–Trinajstić information content (AvgIpc) is 3.13. The van der Waals surface area contributed by atoms with Gasteiger partial charge in [0.15, 0.2) is 0 Å². The summed E-state index contributed by atoms with van der Waals surface area (Å²) in [6.45, 7) is 3.30. The normalized spacial score (nSPS) is 14.8. The first-order valence-corrected chi connectivity index (χ1v) is 6.66. The van der Waals surface area contributed by atoms with Crippen LogP contribution in [0.5, 0.6) is 0 Å². The van der Waals surface area contributed by atoms with E-state index in [9.17, 15) is 9.18 Å². The molecule has 0 spiro atoms. The van der Waals surface area contributed by atoms with Gasteiger partial charge in [0, 0.05) is 13.1 Å². The van der Waals surface area contributed by atoms with Gasteiger partial charge in [-0.25, -0.2) is 4.39 Å². The molecule has 0 aliphatic heterocycles. The molecule has 1 fully saturated rings. The maximum absolute atomic E-state index is 13.8. The first-order chi connectivity index (χ1) is 8.13. The van der Waals surface area contributed by atoms with E-state index >= 15 is 0 Å². The third kappa shape index (κ3) is 2.86. The van der Waals surface area contributed by atoms with Crippen molar-refractivity contribution in [2.24, 2.45) is 5.92 Å². The van der Waals surface area contributed by atoms with E-state index in [4.69, 9.17) is 0 Å². The number of nitrogens with zero attached hydrogens (tertiary/aromatic N) is 1. The van der Waals surface area contributed by atoms with E-state index in [-0.39, 0.29) is 11.5 Å². The van der Waals surface area contributed by atoms with Gasteiger partial charge in [0.1, 0.15) is 5.82 Å². The van der Waals surface area contributed by atoms with E-state index in [1.807, 2.05) is 6.92 Å². The third-order valence-electron chi connectivity index (χ3n) is 3.03. The van der Waals surface area contributed by atoms with Crippen LogP contribution < -0.4 is 0 Å². The maximum atomic E-state index is 13.8. The lowest BCUT2D eigenvalue weighted by molar-refractivity contribution is 0.0752. The molecule has 92 valence electrons. The number of hydrogen-bond acceptors (Lipinski definition) is 1. The Morgan fingerprint density at radius 2 is 2.24 bits per heavy atom. The highest BCUT2D eigenvalue weighted by atomic mass is 79.9. The molecule has 2 nitrogen and oxygen atoms in total. The third-order valence-corrected chi connectivity index (χ3v) is 3.64. The van der Waals surface area contributed by atoms with Crippen LogP contribution in [0.15, 0.2) is 22.7 Å². The van der Waals surface area contributed by atoms with Gasteiger partial charge in [-0.3, -0.25) is 4.79 Å². The van der Waals surface area contributed by atoms with Gasteiger partial charge < -0.3 is 4.90 Å². The van der Waals surface area contributed by atoms with Gasteiger partial charge in [-0.05, 0) is 53.7 Å². The number of carbonyl (C=O) groups excluding carboxylic acids is 1. The van der Waals surface area contributed by atoms with Crippen LogP contribution in [-0.2, 0) is 0 Å². The molecular formula is C13H15BrFNO. The van der Waals surface area contributed by atoms with Crippen molar-refractivity contribution in [3.8, 4) is 0 Å². The van der Waals surface area contributed by atoms with Gasteiger partial charge in [-0.1, -0.05) is 6.07 Å². The van der Waals surface area contributed by atoms with Crippen molar-refractivity contribution >= 4 is 21.8 Å². The summed E-state index contributed by atoms with van der Waals surface area (Å²) in [4.78, 5) is 13.9. The van der Waals surface area contributed by atoms with Gasteiger partial charge in [0.25, 0.3) is 5.91 Å². The number of halogens is 2. The first kappa shape index (κ1) is 12.6. The molecule has 0 bridgehead atoms. The highest BCUT2D eigenvalue weighted by Gasteiger charge is 2.27. The minimum Gasteiger partial charge on any atom is -0.339 e. The Hall–Kier alpha value is -0.900. The zero-order valence-corrected chi connectivity index (χ0v) is 11.3. The highest BCUT2D eigenvalue weighted by molar-refractivity contribution is 9.10. The Bertz CT molecular complexity index is 431. The smallest absolute Gasteiger partial charge is 0.256 e. The predicted molar refractivity (Wildman–Crippen MR) is 68.4 cm³/mol. The fraction of sp³-hybridized carbons (Fsp3) is 0.462. The molecule has 1 aromatic carbocycles. The molecule has 1 aliphatic carbocycles. The van der Waals surface area contributed by atoms with E-state index in [1.54, 1.807) is 17.0 Å². The molecule has 0 aromatic heterocycles. The maximum Gasteiger partial charge on any atom is 0.256 e. The Morgan fingerprint density at radius 3 is 2.82 bits per heavy atom. The van der Waals surface area contributed by atoms with Crippen molar-refractivity contribution in [3.63, 3.8) is 0 Å². The summed E-state index contributed by atoms with van der Waals surface area (Å²) in [5.74, 6) is -0.0564. The quantitative estimate of drug-likeness (QED) is 0.834. The monoisotopic (exact) mass is 299 g/mol. The van der Waals surface area contributed by atoms with E-state index in [2.05, 4.69) is 15.9 Å². The van der Waals surface area contributed by atoms with Gasteiger partial charge in [0.05, 0.1) is 10.0 Å². The van der Waals surface area contributed by atoms with Gasteiger partial charge in [0.2, 0.25) is 0 Å². The van der Waals surface area contributed by atoms with Gasteiger partial charge >= 0.3 is 0 Å². The van der Waals surface area contributed by atoms with Crippen LogP contribution in [-0.4, -0.2) is 23.9 Å². The highest BCUT2D eigenvalue weighted by Crippen LogP contribution is 2.30. The van der Waals surface area contributed by atoms with E-state index < -0.39 is 5.82 Å². The standard InChI is InChI=1S/C13H15BrFNO/c1-2-16(8-9-6-7-9)13(17)10-4-3-5-11(14)12(10)15/h3-5,9H,2,6-8H2,1H3. The number of amides is 1. The van der Waals surface area contributed by atoms with Crippen LogP contribution in [0.2, 0.25) is 0 Å². The van der Waals surface area contributed by atoms with Crippen molar-refractivity contribution in [2.45, 2.75) is 19.8 Å². The number of benzene rings is 1. The number of rotatable bonds is 4. The van der Waals surface area contributed by atoms with Crippen molar-refractivity contribution in [1.29, 1.82) is 0 Å². The Kier molecular flexibility index (Phi) is 3.82. The molecule has 4 heteroatoms. The van der Waals surface area contributed by atoms with Crippen molar-refractivity contribution < 1.29 is 9.18 Å². The molecule has 0 atom stereocenters. The topological polar surface area (TPSA) is 20.3 Å². The van der Waals surface area contributed by atoms with E-state index in [0.29, 0.717) is 16.9 Å². The van der Waals surface area contributed by atoms with E-state index in [0.717, 1.165) is 6.54 Å². The number of hydrogen-bond donors (Lipinski definition) is 0. The summed E-state index contributed by atoms with van der Waals surface area (Å²) < 4.78 is 14.1. The van der Waals surface area contributed by atoms with Crippen LogP contribution in [0.25, 0.3) is 0 Å². The largest absolute Gasteiger partial charge is 0.339 e. The Labute approximate surface area is 109 Å². The van der Waals surface area contributed by atoms with Crippen LogP contribution in [0, 0.1) is 11.7 Å². The minimum absolute atomic E-state index is 0.155. The molecule has 1 aliphatic rings. The minimum atomic E-state index is -0.466. The van der Waals surface area contributed by atoms with Gasteiger partial charge in [-0.15, -0.1) is 0 Å². The summed E-state index contributed by atoms with van der Waals surface area (Å²) in [6, 6.07) is 4.83. The lowest BCUT2D eigenvalue weighted by Crippen LogP contribution is -2.33. The Balaban J connectivity index is 2.18. The van der Waals surface area contributed by atoms with Crippen molar-refractivity contribution in [3.05, 3.63) is 34.1 Å². The molecule has 0 heterocycles. The van der Waals surface area contributed by atoms with Crippen LogP contribution in [0.3, 0.4) is 0 Å². The summed E-state index contributed by atoms with van der Waals surface area (Å²) in [7, 11) is 0. The lowest BCUT2D eigenvalue weighted by atomic mass is 10.1. The zero-order chi connectivity index (χ0) is 12.4. The molecule has 2 rings (SSSR count). The Morgan fingerprint density at radius 1 is 1.53 bits per heavy atom. The molecule has 0 radical (unpaired) electrons. The molecule has 0 N–H and O–H groups in total. The van der Waals surface area contributed by atoms with Crippen molar-refractivity contribution in [2.75, 3.05) is 13.1 Å². The van der Waals surface area contributed by atoms with Crippen LogP contribution in [0.4, 0.5) is 4.39 Å². The summed E-state index contributed by atoms with van der Waals surface area (Å²) in [6.07, 6.45) is 2.37.